The number of sulfonamides is 2. The van der Waals surface area contributed by atoms with E-state index in [1.165, 1.54) is 47.9 Å². The number of aromatic nitrogens is 1. The number of nitrogens with zero attached hydrogens (tertiary/aromatic N) is 4. The van der Waals surface area contributed by atoms with Gasteiger partial charge in [0.2, 0.25) is 20.0 Å². The van der Waals surface area contributed by atoms with Gasteiger partial charge in [-0.3, -0.25) is 15.1 Å². The van der Waals surface area contributed by atoms with Crippen LogP contribution in [0, 0.1) is 17.0 Å². The second-order valence-electron chi connectivity index (χ2n) is 6.20. The maximum atomic E-state index is 12.8. The maximum absolute atomic E-state index is 12.8. The zero-order valence-corrected chi connectivity index (χ0v) is 16.6. The minimum absolute atomic E-state index is 0.0234. The molecule has 10 nitrogen and oxygen atoms in total. The largest absolute Gasteiger partial charge is 0.273 e. The Hall–Kier alpha value is -2.41. The van der Waals surface area contributed by atoms with E-state index in [0.717, 1.165) is 10.4 Å². The highest BCUT2D eigenvalue weighted by Crippen LogP contribution is 2.26. The van der Waals surface area contributed by atoms with Gasteiger partial charge in [-0.15, -0.1) is 0 Å². The van der Waals surface area contributed by atoms with Gasteiger partial charge in [0, 0.05) is 50.2 Å². The molecule has 12 heteroatoms. The average molecular weight is 426 g/mol. The van der Waals surface area contributed by atoms with E-state index in [-0.39, 0.29) is 41.7 Å². The van der Waals surface area contributed by atoms with Crippen LogP contribution in [-0.4, -0.2) is 61.5 Å². The third-order valence-electron chi connectivity index (χ3n) is 4.48. The molecule has 0 atom stereocenters. The topological polar surface area (TPSA) is 131 Å². The fraction of sp³-hybridized carbons (Fsp3) is 0.312. The first-order valence-corrected chi connectivity index (χ1v) is 11.2. The zero-order chi connectivity index (χ0) is 20.5. The lowest BCUT2D eigenvalue weighted by atomic mass is 10.2. The summed E-state index contributed by atoms with van der Waals surface area (Å²) in [5, 5.41) is 11.1. The summed E-state index contributed by atoms with van der Waals surface area (Å²) in [6, 6.07) is 6.67. The molecule has 1 aromatic heterocycles. The number of rotatable bonds is 5. The van der Waals surface area contributed by atoms with Gasteiger partial charge in [0.15, 0.2) is 0 Å². The molecule has 1 aliphatic heterocycles. The SMILES string of the molecule is Cc1ccc(S(=O)(=O)N2CCN(S(=O)(=O)c3cccnc3)CC2)cc1[N+](=O)[O-]. The Balaban J connectivity index is 1.79. The van der Waals surface area contributed by atoms with Crippen molar-refractivity contribution in [2.45, 2.75) is 16.7 Å². The van der Waals surface area contributed by atoms with Crippen LogP contribution in [0.2, 0.25) is 0 Å². The molecule has 0 amide bonds. The molecule has 0 unspecified atom stereocenters. The molecular weight excluding hydrogens is 408 g/mol. The number of pyridine rings is 1. The maximum Gasteiger partial charge on any atom is 0.273 e. The molecule has 3 rings (SSSR count). The van der Waals surface area contributed by atoms with Gasteiger partial charge in [-0.1, -0.05) is 6.07 Å². The molecule has 1 saturated heterocycles. The molecular formula is C16H18N4O6S2. The van der Waals surface area contributed by atoms with Crippen molar-refractivity contribution in [2.75, 3.05) is 26.2 Å². The molecule has 0 bridgehead atoms. The van der Waals surface area contributed by atoms with Gasteiger partial charge in [-0.2, -0.15) is 8.61 Å². The number of hydrogen-bond acceptors (Lipinski definition) is 7. The lowest BCUT2D eigenvalue weighted by Crippen LogP contribution is -2.50. The van der Waals surface area contributed by atoms with Gasteiger partial charge in [0.1, 0.15) is 4.90 Å². The normalized spacial score (nSPS) is 16.8. The number of hydrogen-bond donors (Lipinski definition) is 0. The second-order valence-corrected chi connectivity index (χ2v) is 10.1. The highest BCUT2D eigenvalue weighted by molar-refractivity contribution is 7.89. The smallest absolute Gasteiger partial charge is 0.263 e. The Labute approximate surface area is 162 Å². The first-order chi connectivity index (χ1) is 13.1. The lowest BCUT2D eigenvalue weighted by Gasteiger charge is -2.33. The van der Waals surface area contributed by atoms with Gasteiger partial charge in [0.05, 0.1) is 9.82 Å². The number of piperazine rings is 1. The number of nitro benzene ring substituents is 1. The minimum atomic E-state index is -3.97. The van der Waals surface area contributed by atoms with Gasteiger partial charge < -0.3 is 0 Å². The monoisotopic (exact) mass is 426 g/mol. The Morgan fingerprint density at radius 2 is 1.54 bits per heavy atom. The van der Waals surface area contributed by atoms with E-state index in [2.05, 4.69) is 4.98 Å². The molecule has 0 radical (unpaired) electrons. The van der Waals surface area contributed by atoms with E-state index in [1.807, 2.05) is 0 Å². The van der Waals surface area contributed by atoms with Crippen LogP contribution in [0.4, 0.5) is 5.69 Å². The minimum Gasteiger partial charge on any atom is -0.263 e. The molecule has 1 aromatic carbocycles. The number of nitro groups is 1. The predicted molar refractivity (Wildman–Crippen MR) is 99.6 cm³/mol. The molecule has 2 aromatic rings. The van der Waals surface area contributed by atoms with Crippen LogP contribution in [0.25, 0.3) is 0 Å². The Morgan fingerprint density at radius 1 is 0.964 bits per heavy atom. The van der Waals surface area contributed by atoms with E-state index in [4.69, 9.17) is 0 Å². The first-order valence-electron chi connectivity index (χ1n) is 8.29. The molecule has 0 aliphatic carbocycles. The van der Waals surface area contributed by atoms with Crippen LogP contribution in [0.3, 0.4) is 0 Å². The Bertz CT molecular complexity index is 1100. The van der Waals surface area contributed by atoms with Crippen molar-refractivity contribution in [2.24, 2.45) is 0 Å². The summed E-state index contributed by atoms with van der Waals surface area (Å²) in [6.45, 7) is 1.37. The van der Waals surface area contributed by atoms with Crippen molar-refractivity contribution in [1.82, 2.24) is 13.6 Å². The van der Waals surface area contributed by atoms with E-state index in [0.29, 0.717) is 5.56 Å². The van der Waals surface area contributed by atoms with Crippen LogP contribution in [-0.2, 0) is 20.0 Å². The molecule has 2 heterocycles. The van der Waals surface area contributed by atoms with Crippen molar-refractivity contribution >= 4 is 25.7 Å². The van der Waals surface area contributed by atoms with Crippen molar-refractivity contribution in [3.63, 3.8) is 0 Å². The summed E-state index contributed by atoms with van der Waals surface area (Å²) < 4.78 is 53.2. The molecule has 1 fully saturated rings. The lowest BCUT2D eigenvalue weighted by molar-refractivity contribution is -0.385. The van der Waals surface area contributed by atoms with Gasteiger partial charge in [-0.25, -0.2) is 16.8 Å². The number of benzene rings is 1. The van der Waals surface area contributed by atoms with Crippen LogP contribution >= 0.6 is 0 Å². The second kappa shape index (κ2) is 7.54. The first kappa shape index (κ1) is 20.3. The summed E-state index contributed by atoms with van der Waals surface area (Å²) in [7, 11) is -7.73. The van der Waals surface area contributed by atoms with Gasteiger partial charge in [0.25, 0.3) is 5.69 Å². The standard InChI is InChI=1S/C16H18N4O6S2/c1-13-4-5-14(11-16(13)20(21)22)27(23,24)18-7-9-19(10-8-18)28(25,26)15-3-2-6-17-12-15/h2-6,11-12H,7-10H2,1H3. The third kappa shape index (κ3) is 3.76. The molecule has 0 spiro atoms. The Kier molecular flexibility index (Phi) is 5.48. The summed E-state index contributed by atoms with van der Waals surface area (Å²) in [4.78, 5) is 14.1. The summed E-state index contributed by atoms with van der Waals surface area (Å²) in [6.07, 6.45) is 2.70. The van der Waals surface area contributed by atoms with Crippen molar-refractivity contribution in [3.8, 4) is 0 Å². The summed E-state index contributed by atoms with van der Waals surface area (Å²) in [5.74, 6) is 0. The summed E-state index contributed by atoms with van der Waals surface area (Å²) >= 11 is 0. The van der Waals surface area contributed by atoms with Crippen molar-refractivity contribution < 1.29 is 21.8 Å². The quantitative estimate of drug-likeness (QED) is 0.515. The molecule has 0 N–H and O–H groups in total. The van der Waals surface area contributed by atoms with E-state index >= 15 is 0 Å². The summed E-state index contributed by atoms with van der Waals surface area (Å²) in [5.41, 5.74) is 0.0789. The van der Waals surface area contributed by atoms with Crippen molar-refractivity contribution in [3.05, 3.63) is 58.4 Å². The highest BCUT2D eigenvalue weighted by Gasteiger charge is 2.34. The fourth-order valence-corrected chi connectivity index (χ4v) is 5.72. The van der Waals surface area contributed by atoms with Crippen LogP contribution in [0.15, 0.2) is 52.5 Å². The van der Waals surface area contributed by atoms with E-state index in [1.54, 1.807) is 0 Å². The van der Waals surface area contributed by atoms with E-state index in [9.17, 15) is 26.9 Å². The molecule has 1 aliphatic rings. The zero-order valence-electron chi connectivity index (χ0n) is 14.9. The molecule has 150 valence electrons. The van der Waals surface area contributed by atoms with Crippen LogP contribution in [0.5, 0.6) is 0 Å². The van der Waals surface area contributed by atoms with Gasteiger partial charge in [-0.05, 0) is 25.1 Å². The third-order valence-corrected chi connectivity index (χ3v) is 8.26. The van der Waals surface area contributed by atoms with Crippen molar-refractivity contribution in [1.29, 1.82) is 0 Å². The molecule has 0 saturated carbocycles. The average Bonchev–Trinajstić information content (AvgIpc) is 2.68. The number of aryl methyl sites for hydroxylation is 1. The fourth-order valence-electron chi connectivity index (χ4n) is 2.89. The highest BCUT2D eigenvalue weighted by atomic mass is 32.2. The molecule has 28 heavy (non-hydrogen) atoms. The van der Waals surface area contributed by atoms with Crippen LogP contribution < -0.4 is 0 Å². The predicted octanol–water partition coefficient (Wildman–Crippen LogP) is 0.993. The van der Waals surface area contributed by atoms with Gasteiger partial charge >= 0.3 is 0 Å². The Morgan fingerprint density at radius 3 is 2.04 bits per heavy atom. The van der Waals surface area contributed by atoms with E-state index < -0.39 is 25.0 Å². The van der Waals surface area contributed by atoms with Crippen LogP contribution in [0.1, 0.15) is 5.56 Å².